The van der Waals surface area contributed by atoms with Gasteiger partial charge in [-0.2, -0.15) is 5.10 Å². The molecule has 2 aromatic carbocycles. The zero-order valence-corrected chi connectivity index (χ0v) is 19.8. The maximum absolute atomic E-state index is 4.77. The minimum Gasteiger partial charge on any atom is -0.385 e. The predicted octanol–water partition coefficient (Wildman–Crippen LogP) is 4.11. The van der Waals surface area contributed by atoms with Crippen LogP contribution in [0.25, 0.3) is 0 Å². The van der Waals surface area contributed by atoms with E-state index in [1.807, 2.05) is 35.1 Å². The number of aromatic nitrogens is 2. The summed E-state index contributed by atoms with van der Waals surface area (Å²) in [4.78, 5) is 4.77. The second-order valence-corrected chi connectivity index (χ2v) is 6.74. The lowest BCUT2D eigenvalue weighted by atomic mass is 10.1. The van der Waals surface area contributed by atoms with Gasteiger partial charge < -0.3 is 16.0 Å². The molecule has 160 valence electrons. The SMILES string of the molecule is CCNC(=NCc1ccccc1Cn1cccn1)NCCCNc1ccccc1.I. The third kappa shape index (κ3) is 8.06. The number of anilines is 1. The van der Waals surface area contributed by atoms with E-state index >= 15 is 0 Å². The standard InChI is InChI=1S/C23H30N6.HI/c1-2-24-23(26-15-8-14-25-22-12-4-3-5-13-22)27-18-20-10-6-7-11-21(20)19-29-17-9-16-28-29;/h3-7,9-13,16-17,25H,2,8,14-15,18-19H2,1H3,(H2,24,26,27);1H. The first-order valence-corrected chi connectivity index (χ1v) is 10.2. The molecular weight excluding hydrogens is 487 g/mol. The Bertz CT molecular complexity index is 864. The molecule has 1 aromatic heterocycles. The van der Waals surface area contributed by atoms with Crippen LogP contribution in [0.5, 0.6) is 0 Å². The Morgan fingerprint density at radius 2 is 1.70 bits per heavy atom. The maximum Gasteiger partial charge on any atom is 0.191 e. The highest BCUT2D eigenvalue weighted by Gasteiger charge is 2.04. The average Bonchev–Trinajstić information content (AvgIpc) is 3.26. The summed E-state index contributed by atoms with van der Waals surface area (Å²) < 4.78 is 1.94. The van der Waals surface area contributed by atoms with E-state index in [1.54, 1.807) is 6.20 Å². The van der Waals surface area contributed by atoms with Crippen molar-refractivity contribution in [2.45, 2.75) is 26.4 Å². The molecule has 0 saturated heterocycles. The molecule has 0 aliphatic carbocycles. The Morgan fingerprint density at radius 1 is 0.933 bits per heavy atom. The van der Waals surface area contributed by atoms with Gasteiger partial charge in [-0.25, -0.2) is 4.99 Å². The van der Waals surface area contributed by atoms with Crippen LogP contribution in [0.2, 0.25) is 0 Å². The van der Waals surface area contributed by atoms with Crippen molar-refractivity contribution < 1.29 is 0 Å². The number of rotatable bonds is 10. The number of nitrogens with one attached hydrogen (secondary N) is 3. The van der Waals surface area contributed by atoms with Crippen molar-refractivity contribution in [3.8, 4) is 0 Å². The van der Waals surface area contributed by atoms with Crippen LogP contribution in [0.3, 0.4) is 0 Å². The van der Waals surface area contributed by atoms with Gasteiger partial charge in [0.2, 0.25) is 0 Å². The van der Waals surface area contributed by atoms with Gasteiger partial charge in [0.05, 0.1) is 13.1 Å². The van der Waals surface area contributed by atoms with Crippen LogP contribution in [0.1, 0.15) is 24.5 Å². The van der Waals surface area contributed by atoms with E-state index < -0.39 is 0 Å². The number of hydrogen-bond acceptors (Lipinski definition) is 3. The summed E-state index contributed by atoms with van der Waals surface area (Å²) in [7, 11) is 0. The van der Waals surface area contributed by atoms with E-state index in [0.717, 1.165) is 44.2 Å². The summed E-state index contributed by atoms with van der Waals surface area (Å²) in [5.74, 6) is 0.848. The Kier molecular flexibility index (Phi) is 10.8. The van der Waals surface area contributed by atoms with Crippen molar-refractivity contribution in [1.29, 1.82) is 0 Å². The smallest absolute Gasteiger partial charge is 0.191 e. The van der Waals surface area contributed by atoms with Crippen LogP contribution in [0, 0.1) is 0 Å². The van der Waals surface area contributed by atoms with E-state index in [-0.39, 0.29) is 24.0 Å². The summed E-state index contributed by atoms with van der Waals surface area (Å²) in [5.41, 5.74) is 3.61. The van der Waals surface area contributed by atoms with Gasteiger partial charge in [-0.05, 0) is 42.7 Å². The van der Waals surface area contributed by atoms with Crippen LogP contribution in [-0.2, 0) is 13.1 Å². The molecule has 6 nitrogen and oxygen atoms in total. The quantitative estimate of drug-likeness (QED) is 0.164. The second-order valence-electron chi connectivity index (χ2n) is 6.74. The number of hydrogen-bond donors (Lipinski definition) is 3. The van der Waals surface area contributed by atoms with Crippen LogP contribution < -0.4 is 16.0 Å². The van der Waals surface area contributed by atoms with Crippen molar-refractivity contribution >= 4 is 35.6 Å². The average molecular weight is 518 g/mol. The van der Waals surface area contributed by atoms with Crippen molar-refractivity contribution in [1.82, 2.24) is 20.4 Å². The third-order valence-corrected chi connectivity index (χ3v) is 4.51. The molecule has 0 amide bonds. The molecule has 3 aromatic rings. The predicted molar refractivity (Wildman–Crippen MR) is 136 cm³/mol. The Morgan fingerprint density at radius 3 is 2.43 bits per heavy atom. The monoisotopic (exact) mass is 518 g/mol. The van der Waals surface area contributed by atoms with E-state index in [4.69, 9.17) is 4.99 Å². The van der Waals surface area contributed by atoms with Gasteiger partial charge in [0, 0.05) is 37.7 Å². The molecule has 0 aliphatic rings. The molecule has 3 rings (SSSR count). The highest BCUT2D eigenvalue weighted by Crippen LogP contribution is 2.11. The largest absolute Gasteiger partial charge is 0.385 e. The highest BCUT2D eigenvalue weighted by molar-refractivity contribution is 14.0. The number of nitrogens with zero attached hydrogens (tertiary/aromatic N) is 3. The van der Waals surface area contributed by atoms with Crippen LogP contribution in [0.15, 0.2) is 78.0 Å². The fourth-order valence-corrected chi connectivity index (χ4v) is 3.02. The summed E-state index contributed by atoms with van der Waals surface area (Å²) in [6.45, 7) is 6.09. The fourth-order valence-electron chi connectivity index (χ4n) is 3.02. The lowest BCUT2D eigenvalue weighted by molar-refractivity contribution is 0.680. The summed E-state index contributed by atoms with van der Waals surface area (Å²) in [6.07, 6.45) is 4.80. The molecule has 0 unspecified atom stereocenters. The normalized spacial score (nSPS) is 10.9. The van der Waals surface area contributed by atoms with Crippen molar-refractivity contribution in [2.24, 2.45) is 4.99 Å². The molecule has 1 heterocycles. The Balaban J connectivity index is 0.00000320. The molecule has 0 saturated carbocycles. The minimum absolute atomic E-state index is 0. The molecule has 30 heavy (non-hydrogen) atoms. The van der Waals surface area contributed by atoms with Crippen molar-refractivity contribution in [3.63, 3.8) is 0 Å². The van der Waals surface area contributed by atoms with Gasteiger partial charge in [-0.15, -0.1) is 24.0 Å². The molecule has 7 heteroatoms. The minimum atomic E-state index is 0. The van der Waals surface area contributed by atoms with E-state index in [2.05, 4.69) is 64.4 Å². The van der Waals surface area contributed by atoms with E-state index in [0.29, 0.717) is 6.54 Å². The molecule has 0 bridgehead atoms. The van der Waals surface area contributed by atoms with Gasteiger partial charge in [0.25, 0.3) is 0 Å². The van der Waals surface area contributed by atoms with E-state index in [9.17, 15) is 0 Å². The number of guanidine groups is 1. The molecule has 0 spiro atoms. The summed E-state index contributed by atoms with van der Waals surface area (Å²) >= 11 is 0. The molecule has 3 N–H and O–H groups in total. The van der Waals surface area contributed by atoms with Crippen LogP contribution in [-0.4, -0.2) is 35.4 Å². The number of para-hydroxylation sites is 1. The number of aliphatic imine (C=N–C) groups is 1. The number of benzene rings is 2. The number of halogens is 1. The highest BCUT2D eigenvalue weighted by atomic mass is 127. The Hall–Kier alpha value is -2.55. The zero-order valence-electron chi connectivity index (χ0n) is 17.4. The lowest BCUT2D eigenvalue weighted by Crippen LogP contribution is -2.38. The van der Waals surface area contributed by atoms with E-state index in [1.165, 1.54) is 11.1 Å². The van der Waals surface area contributed by atoms with Gasteiger partial charge >= 0.3 is 0 Å². The topological polar surface area (TPSA) is 66.3 Å². The Labute approximate surface area is 196 Å². The lowest BCUT2D eigenvalue weighted by Gasteiger charge is -2.13. The van der Waals surface area contributed by atoms with Crippen molar-refractivity contribution in [2.75, 3.05) is 25.0 Å². The zero-order chi connectivity index (χ0) is 20.2. The first-order valence-electron chi connectivity index (χ1n) is 10.2. The first-order chi connectivity index (χ1) is 14.3. The van der Waals surface area contributed by atoms with Gasteiger partial charge in [-0.1, -0.05) is 42.5 Å². The van der Waals surface area contributed by atoms with Gasteiger partial charge in [0.15, 0.2) is 5.96 Å². The maximum atomic E-state index is 4.77. The van der Waals surface area contributed by atoms with Gasteiger partial charge in [0.1, 0.15) is 0 Å². The molecule has 0 fully saturated rings. The fraction of sp³-hybridized carbons (Fsp3) is 0.304. The summed E-state index contributed by atoms with van der Waals surface area (Å²) in [6, 6.07) is 20.6. The van der Waals surface area contributed by atoms with Gasteiger partial charge in [-0.3, -0.25) is 4.68 Å². The molecule has 0 atom stereocenters. The van der Waals surface area contributed by atoms with Crippen LogP contribution >= 0.6 is 24.0 Å². The molecule has 0 aliphatic heterocycles. The molecular formula is C23H31IN6. The third-order valence-electron chi connectivity index (χ3n) is 4.51. The first kappa shape index (κ1) is 23.7. The summed E-state index contributed by atoms with van der Waals surface area (Å²) in [5, 5.41) is 14.5. The van der Waals surface area contributed by atoms with Crippen molar-refractivity contribution in [3.05, 3.63) is 84.2 Å². The second kappa shape index (κ2) is 13.6. The molecule has 0 radical (unpaired) electrons. The van der Waals surface area contributed by atoms with Crippen LogP contribution in [0.4, 0.5) is 5.69 Å².